The predicted molar refractivity (Wildman–Crippen MR) is 87.5 cm³/mol. The zero-order chi connectivity index (χ0) is 14.9. The number of oxazole rings is 1. The Labute approximate surface area is 129 Å². The first kappa shape index (κ1) is 15.6. The molecular weight excluding hydrogens is 284 g/mol. The molecule has 2 N–H and O–H groups in total. The zero-order valence-corrected chi connectivity index (χ0v) is 13.4. The number of aromatic nitrogens is 1. The molecule has 0 spiro atoms. The van der Waals surface area contributed by atoms with Crippen molar-refractivity contribution in [1.82, 2.24) is 15.6 Å². The summed E-state index contributed by atoms with van der Waals surface area (Å²) < 4.78 is 5.49. The Morgan fingerprint density at radius 1 is 1.38 bits per heavy atom. The van der Waals surface area contributed by atoms with Crippen LogP contribution in [0, 0.1) is 0 Å². The van der Waals surface area contributed by atoms with Crippen molar-refractivity contribution in [3.05, 3.63) is 29.5 Å². The van der Waals surface area contributed by atoms with E-state index in [0.717, 1.165) is 29.5 Å². The van der Waals surface area contributed by atoms with Crippen LogP contribution in [0.5, 0.6) is 0 Å². The van der Waals surface area contributed by atoms with E-state index in [1.807, 2.05) is 17.5 Å². The molecule has 2 rings (SSSR count). The molecule has 2 aromatic heterocycles. The van der Waals surface area contributed by atoms with Gasteiger partial charge in [0.05, 0.1) is 17.1 Å². The number of thiophene rings is 1. The van der Waals surface area contributed by atoms with Gasteiger partial charge in [-0.15, -0.1) is 11.3 Å². The van der Waals surface area contributed by atoms with Crippen LogP contribution in [0.1, 0.15) is 31.9 Å². The lowest BCUT2D eigenvalue weighted by Gasteiger charge is -2.10. The normalized spacial score (nSPS) is 11.6. The number of hydrogen-bond acceptors (Lipinski definition) is 4. The Morgan fingerprint density at radius 2 is 2.29 bits per heavy atom. The van der Waals surface area contributed by atoms with Crippen LogP contribution >= 0.6 is 11.3 Å². The quantitative estimate of drug-likeness (QED) is 0.468. The highest BCUT2D eigenvalue weighted by Crippen LogP contribution is 2.23. The van der Waals surface area contributed by atoms with E-state index < -0.39 is 0 Å². The van der Waals surface area contributed by atoms with Gasteiger partial charge in [0.25, 0.3) is 0 Å². The summed E-state index contributed by atoms with van der Waals surface area (Å²) in [4.78, 5) is 9.71. The highest BCUT2D eigenvalue weighted by Gasteiger charge is 2.07. The molecule has 2 heterocycles. The van der Waals surface area contributed by atoms with Gasteiger partial charge in [0, 0.05) is 13.6 Å². The lowest BCUT2D eigenvalue weighted by Crippen LogP contribution is -2.37. The summed E-state index contributed by atoms with van der Waals surface area (Å²) in [6, 6.07) is 3.99. The van der Waals surface area contributed by atoms with Gasteiger partial charge in [-0.05, 0) is 17.9 Å². The summed E-state index contributed by atoms with van der Waals surface area (Å²) in [6.07, 6.45) is 5.30. The second-order valence-electron chi connectivity index (χ2n) is 4.68. The topological polar surface area (TPSA) is 62.5 Å². The van der Waals surface area contributed by atoms with Gasteiger partial charge in [0.15, 0.2) is 5.96 Å². The number of nitrogens with zero attached hydrogens (tertiary/aromatic N) is 2. The van der Waals surface area contributed by atoms with Crippen LogP contribution in [-0.2, 0) is 6.54 Å². The molecule has 0 aliphatic carbocycles. The van der Waals surface area contributed by atoms with Gasteiger partial charge in [0.2, 0.25) is 5.89 Å². The van der Waals surface area contributed by atoms with Crippen LogP contribution in [0.25, 0.3) is 10.8 Å². The average Bonchev–Trinajstić information content (AvgIpc) is 3.17. The lowest BCUT2D eigenvalue weighted by molar-refractivity contribution is 0.573. The van der Waals surface area contributed by atoms with Crippen LogP contribution < -0.4 is 10.6 Å². The first-order valence-electron chi connectivity index (χ1n) is 7.26. The standard InChI is InChI=1S/C15H22N4OS/c1-3-4-5-8-17-15(16-2)18-10-12-11-20-14(19-12)13-7-6-9-21-13/h6-7,9,11H,3-5,8,10H2,1-2H3,(H2,16,17,18). The summed E-state index contributed by atoms with van der Waals surface area (Å²) in [7, 11) is 1.77. The van der Waals surface area contributed by atoms with E-state index in [9.17, 15) is 0 Å². The molecule has 21 heavy (non-hydrogen) atoms. The minimum atomic E-state index is 0.600. The Kier molecular flexibility index (Phi) is 6.27. The van der Waals surface area contributed by atoms with E-state index in [1.54, 1.807) is 24.6 Å². The van der Waals surface area contributed by atoms with Crippen LogP contribution in [0.2, 0.25) is 0 Å². The highest BCUT2D eigenvalue weighted by atomic mass is 32.1. The largest absolute Gasteiger partial charge is 0.443 e. The number of hydrogen-bond donors (Lipinski definition) is 2. The van der Waals surface area contributed by atoms with E-state index in [2.05, 4.69) is 27.5 Å². The molecule has 0 aliphatic rings. The summed E-state index contributed by atoms with van der Waals surface area (Å²) in [6.45, 7) is 3.73. The lowest BCUT2D eigenvalue weighted by atomic mass is 10.2. The number of nitrogens with one attached hydrogen (secondary N) is 2. The van der Waals surface area contributed by atoms with E-state index in [1.165, 1.54) is 12.8 Å². The minimum Gasteiger partial charge on any atom is -0.443 e. The number of guanidine groups is 1. The minimum absolute atomic E-state index is 0.600. The molecule has 0 bridgehead atoms. The Bertz CT molecular complexity index is 548. The third-order valence-corrected chi connectivity index (χ3v) is 3.87. The van der Waals surface area contributed by atoms with Crippen molar-refractivity contribution in [1.29, 1.82) is 0 Å². The molecule has 6 heteroatoms. The fraction of sp³-hybridized carbons (Fsp3) is 0.467. The van der Waals surface area contributed by atoms with Crippen LogP contribution in [0.4, 0.5) is 0 Å². The summed E-state index contributed by atoms with van der Waals surface area (Å²) >= 11 is 1.62. The van der Waals surface area contributed by atoms with Crippen LogP contribution in [0.3, 0.4) is 0 Å². The smallest absolute Gasteiger partial charge is 0.236 e. The third kappa shape index (κ3) is 4.90. The molecule has 2 aromatic rings. The molecule has 5 nitrogen and oxygen atoms in total. The van der Waals surface area contributed by atoms with Gasteiger partial charge in [0.1, 0.15) is 6.26 Å². The molecule has 0 fully saturated rings. The van der Waals surface area contributed by atoms with Gasteiger partial charge in [-0.3, -0.25) is 4.99 Å². The maximum Gasteiger partial charge on any atom is 0.236 e. The molecular formula is C15H22N4OS. The van der Waals surface area contributed by atoms with Crippen molar-refractivity contribution >= 4 is 17.3 Å². The molecule has 0 aliphatic heterocycles. The van der Waals surface area contributed by atoms with Crippen LogP contribution in [-0.4, -0.2) is 24.5 Å². The fourth-order valence-electron chi connectivity index (χ4n) is 1.88. The van der Waals surface area contributed by atoms with Crippen molar-refractivity contribution in [2.24, 2.45) is 4.99 Å². The Hall–Kier alpha value is -1.82. The van der Waals surface area contributed by atoms with Crippen molar-refractivity contribution < 1.29 is 4.42 Å². The molecule has 0 radical (unpaired) electrons. The molecule has 0 atom stereocenters. The molecule has 0 amide bonds. The first-order chi connectivity index (χ1) is 10.3. The molecule has 0 saturated carbocycles. The zero-order valence-electron chi connectivity index (χ0n) is 12.6. The second-order valence-corrected chi connectivity index (χ2v) is 5.63. The third-order valence-electron chi connectivity index (χ3n) is 3.02. The molecule has 114 valence electrons. The Balaban J connectivity index is 1.79. The number of rotatable bonds is 7. The van der Waals surface area contributed by atoms with Crippen LogP contribution in [0.15, 0.2) is 33.2 Å². The monoisotopic (exact) mass is 306 g/mol. The van der Waals surface area contributed by atoms with Gasteiger partial charge < -0.3 is 15.1 Å². The fourth-order valence-corrected chi connectivity index (χ4v) is 2.53. The summed E-state index contributed by atoms with van der Waals surface area (Å²) in [5, 5.41) is 8.55. The summed E-state index contributed by atoms with van der Waals surface area (Å²) in [5.74, 6) is 1.47. The van der Waals surface area contributed by atoms with E-state index in [0.29, 0.717) is 12.4 Å². The van der Waals surface area contributed by atoms with Crippen molar-refractivity contribution in [3.63, 3.8) is 0 Å². The van der Waals surface area contributed by atoms with E-state index in [-0.39, 0.29) is 0 Å². The van der Waals surface area contributed by atoms with Crippen molar-refractivity contribution in [3.8, 4) is 10.8 Å². The molecule has 0 aromatic carbocycles. The average molecular weight is 306 g/mol. The molecule has 0 unspecified atom stereocenters. The Morgan fingerprint density at radius 3 is 3.00 bits per heavy atom. The van der Waals surface area contributed by atoms with Crippen molar-refractivity contribution in [2.75, 3.05) is 13.6 Å². The maximum atomic E-state index is 5.49. The number of unbranched alkanes of at least 4 members (excludes halogenated alkanes) is 2. The number of aliphatic imine (C=N–C) groups is 1. The van der Waals surface area contributed by atoms with Gasteiger partial charge >= 0.3 is 0 Å². The van der Waals surface area contributed by atoms with E-state index in [4.69, 9.17) is 4.42 Å². The van der Waals surface area contributed by atoms with Crippen molar-refractivity contribution in [2.45, 2.75) is 32.7 Å². The second kappa shape index (κ2) is 8.46. The highest BCUT2D eigenvalue weighted by molar-refractivity contribution is 7.13. The summed E-state index contributed by atoms with van der Waals surface area (Å²) in [5.41, 5.74) is 0.870. The molecule has 0 saturated heterocycles. The maximum absolute atomic E-state index is 5.49. The SMILES string of the molecule is CCCCCNC(=NC)NCc1coc(-c2cccs2)n1. The van der Waals surface area contributed by atoms with Gasteiger partial charge in [-0.2, -0.15) is 0 Å². The van der Waals surface area contributed by atoms with Gasteiger partial charge in [-0.1, -0.05) is 25.8 Å². The van der Waals surface area contributed by atoms with Gasteiger partial charge in [-0.25, -0.2) is 4.98 Å². The first-order valence-corrected chi connectivity index (χ1v) is 8.14. The predicted octanol–water partition coefficient (Wildman–Crippen LogP) is 3.26. The van der Waals surface area contributed by atoms with E-state index >= 15 is 0 Å².